The van der Waals surface area contributed by atoms with Gasteiger partial charge in [-0.2, -0.15) is 0 Å². The van der Waals surface area contributed by atoms with Crippen LogP contribution in [0.25, 0.3) is 0 Å². The normalized spacial score (nSPS) is 10.1. The van der Waals surface area contributed by atoms with Gasteiger partial charge in [0, 0.05) is 6.61 Å². The summed E-state index contributed by atoms with van der Waals surface area (Å²) in [6.07, 6.45) is 0. The molecule has 0 aliphatic carbocycles. The van der Waals surface area contributed by atoms with Crippen LogP contribution in [-0.2, 0) is 4.74 Å². The summed E-state index contributed by atoms with van der Waals surface area (Å²) in [4.78, 5) is 10.4. The third kappa shape index (κ3) is 4.21. The van der Waals surface area contributed by atoms with Gasteiger partial charge in [0.05, 0.1) is 24.2 Å². The summed E-state index contributed by atoms with van der Waals surface area (Å²) in [5.41, 5.74) is -0.0996. The van der Waals surface area contributed by atoms with Crippen LogP contribution in [0.1, 0.15) is 13.8 Å². The van der Waals surface area contributed by atoms with Crippen molar-refractivity contribution in [2.45, 2.75) is 13.8 Å². The predicted molar refractivity (Wildman–Crippen MR) is 66.3 cm³/mol. The topological polar surface area (TPSA) is 70.8 Å². The van der Waals surface area contributed by atoms with Crippen LogP contribution in [0.2, 0.25) is 0 Å². The molecule has 6 nitrogen and oxygen atoms in total. The lowest BCUT2D eigenvalue weighted by molar-refractivity contribution is -0.386. The van der Waals surface area contributed by atoms with Gasteiger partial charge in [0.1, 0.15) is 12.4 Å². The zero-order valence-corrected chi connectivity index (χ0v) is 10.5. The Morgan fingerprint density at radius 2 is 1.94 bits per heavy atom. The number of hydrogen-bond donors (Lipinski definition) is 0. The second-order valence-corrected chi connectivity index (χ2v) is 3.37. The zero-order valence-electron chi connectivity index (χ0n) is 10.5. The number of hydrogen-bond acceptors (Lipinski definition) is 5. The predicted octanol–water partition coefficient (Wildman–Crippen LogP) is 2.41. The van der Waals surface area contributed by atoms with Crippen LogP contribution in [0.4, 0.5) is 5.69 Å². The Bertz CT molecular complexity index is 394. The molecule has 1 aromatic rings. The Morgan fingerprint density at radius 3 is 2.56 bits per heavy atom. The maximum atomic E-state index is 10.9. The van der Waals surface area contributed by atoms with Crippen LogP contribution >= 0.6 is 0 Å². The number of nitro groups is 1. The molecule has 0 N–H and O–H groups in total. The minimum atomic E-state index is -0.488. The monoisotopic (exact) mass is 255 g/mol. The Balaban J connectivity index is 2.73. The van der Waals surface area contributed by atoms with Crippen molar-refractivity contribution in [3.8, 4) is 11.5 Å². The Morgan fingerprint density at radius 1 is 1.17 bits per heavy atom. The highest BCUT2D eigenvalue weighted by molar-refractivity contribution is 5.50. The van der Waals surface area contributed by atoms with Crippen LogP contribution in [0.5, 0.6) is 11.5 Å². The van der Waals surface area contributed by atoms with Crippen LogP contribution in [0, 0.1) is 10.1 Å². The van der Waals surface area contributed by atoms with Gasteiger partial charge in [-0.05, 0) is 26.0 Å². The van der Waals surface area contributed by atoms with Crippen LogP contribution in [0.3, 0.4) is 0 Å². The molecule has 18 heavy (non-hydrogen) atoms. The number of rotatable bonds is 8. The minimum Gasteiger partial charge on any atom is -0.494 e. The van der Waals surface area contributed by atoms with E-state index in [1.54, 1.807) is 6.07 Å². The Hall–Kier alpha value is -1.82. The minimum absolute atomic E-state index is 0.0996. The number of benzene rings is 1. The lowest BCUT2D eigenvalue weighted by Gasteiger charge is -2.08. The number of nitrogens with zero attached hydrogens (tertiary/aromatic N) is 1. The summed E-state index contributed by atoms with van der Waals surface area (Å²) in [6.45, 7) is 5.43. The SMILES string of the molecule is CCOCCOc1ccc(OCC)cc1[N+](=O)[O-]. The van der Waals surface area contributed by atoms with Crippen molar-refractivity contribution >= 4 is 5.69 Å². The molecule has 0 unspecified atom stereocenters. The van der Waals surface area contributed by atoms with Crippen molar-refractivity contribution in [1.29, 1.82) is 0 Å². The van der Waals surface area contributed by atoms with Gasteiger partial charge in [-0.15, -0.1) is 0 Å². The fourth-order valence-electron chi connectivity index (χ4n) is 1.37. The first-order valence-electron chi connectivity index (χ1n) is 5.80. The molecule has 0 amide bonds. The maximum absolute atomic E-state index is 10.9. The van der Waals surface area contributed by atoms with Gasteiger partial charge in [-0.3, -0.25) is 10.1 Å². The molecule has 100 valence electrons. The van der Waals surface area contributed by atoms with E-state index in [1.807, 2.05) is 13.8 Å². The molecule has 0 spiro atoms. The molecule has 0 aliphatic heterocycles. The van der Waals surface area contributed by atoms with E-state index in [-0.39, 0.29) is 18.0 Å². The van der Waals surface area contributed by atoms with Crippen LogP contribution in [0.15, 0.2) is 18.2 Å². The highest BCUT2D eigenvalue weighted by atomic mass is 16.6. The van der Waals surface area contributed by atoms with E-state index in [0.717, 1.165) is 0 Å². The van der Waals surface area contributed by atoms with E-state index in [1.165, 1.54) is 12.1 Å². The third-order valence-electron chi connectivity index (χ3n) is 2.13. The molecule has 0 aromatic heterocycles. The van der Waals surface area contributed by atoms with Gasteiger partial charge in [-0.25, -0.2) is 0 Å². The molecule has 1 aromatic carbocycles. The van der Waals surface area contributed by atoms with E-state index in [4.69, 9.17) is 14.2 Å². The summed E-state index contributed by atoms with van der Waals surface area (Å²) in [5, 5.41) is 10.9. The largest absolute Gasteiger partial charge is 0.494 e. The first kappa shape index (κ1) is 14.2. The first-order chi connectivity index (χ1) is 8.69. The molecule has 0 saturated heterocycles. The fourth-order valence-corrected chi connectivity index (χ4v) is 1.37. The molecule has 0 radical (unpaired) electrons. The molecule has 1 rings (SSSR count). The van der Waals surface area contributed by atoms with Crippen molar-refractivity contribution in [2.75, 3.05) is 26.4 Å². The first-order valence-corrected chi connectivity index (χ1v) is 5.80. The molecule has 6 heteroatoms. The second kappa shape index (κ2) is 7.50. The molecule has 0 saturated carbocycles. The molecular weight excluding hydrogens is 238 g/mol. The summed E-state index contributed by atoms with van der Waals surface area (Å²) in [5.74, 6) is 0.685. The van der Waals surface area contributed by atoms with Crippen LogP contribution < -0.4 is 9.47 Å². The standard InChI is InChI=1S/C12H17NO5/c1-3-16-7-8-18-12-6-5-10(17-4-2)9-11(12)13(14)15/h5-6,9H,3-4,7-8H2,1-2H3. The molecule has 0 bridgehead atoms. The van der Waals surface area contributed by atoms with Gasteiger partial charge in [-0.1, -0.05) is 0 Å². The highest BCUT2D eigenvalue weighted by Crippen LogP contribution is 2.31. The fraction of sp³-hybridized carbons (Fsp3) is 0.500. The summed E-state index contributed by atoms with van der Waals surface area (Å²) in [7, 11) is 0. The van der Waals surface area contributed by atoms with E-state index in [2.05, 4.69) is 0 Å². The lowest BCUT2D eigenvalue weighted by Crippen LogP contribution is -2.07. The van der Waals surface area contributed by atoms with Crippen molar-refractivity contribution in [3.63, 3.8) is 0 Å². The van der Waals surface area contributed by atoms with Gasteiger partial charge in [0.25, 0.3) is 0 Å². The molecular formula is C12H17NO5. The average Bonchev–Trinajstić information content (AvgIpc) is 2.36. The quantitative estimate of drug-likeness (QED) is 0.405. The van der Waals surface area contributed by atoms with E-state index in [0.29, 0.717) is 25.6 Å². The zero-order chi connectivity index (χ0) is 13.4. The van der Waals surface area contributed by atoms with Gasteiger partial charge in [0.15, 0.2) is 5.75 Å². The van der Waals surface area contributed by atoms with Crippen molar-refractivity contribution in [3.05, 3.63) is 28.3 Å². The van der Waals surface area contributed by atoms with Crippen molar-refractivity contribution < 1.29 is 19.1 Å². The van der Waals surface area contributed by atoms with Crippen LogP contribution in [-0.4, -0.2) is 31.4 Å². The van der Waals surface area contributed by atoms with E-state index < -0.39 is 4.92 Å². The van der Waals surface area contributed by atoms with Gasteiger partial charge >= 0.3 is 5.69 Å². The molecule has 0 fully saturated rings. The number of nitro benzene ring substituents is 1. The number of ether oxygens (including phenoxy) is 3. The molecule has 0 atom stereocenters. The second-order valence-electron chi connectivity index (χ2n) is 3.37. The van der Waals surface area contributed by atoms with Gasteiger partial charge in [0.2, 0.25) is 0 Å². The van der Waals surface area contributed by atoms with E-state index >= 15 is 0 Å². The smallest absolute Gasteiger partial charge is 0.314 e. The summed E-state index contributed by atoms with van der Waals surface area (Å²) >= 11 is 0. The molecule has 0 aliphatic rings. The Kier molecular flexibility index (Phi) is 5.93. The average molecular weight is 255 g/mol. The van der Waals surface area contributed by atoms with Crippen molar-refractivity contribution in [2.24, 2.45) is 0 Å². The van der Waals surface area contributed by atoms with Crippen molar-refractivity contribution in [1.82, 2.24) is 0 Å². The maximum Gasteiger partial charge on any atom is 0.314 e. The summed E-state index contributed by atoms with van der Waals surface area (Å²) in [6, 6.07) is 4.54. The highest BCUT2D eigenvalue weighted by Gasteiger charge is 2.16. The lowest BCUT2D eigenvalue weighted by atomic mass is 10.3. The summed E-state index contributed by atoms with van der Waals surface area (Å²) < 4.78 is 15.6. The Labute approximate surface area is 106 Å². The molecule has 0 heterocycles. The van der Waals surface area contributed by atoms with E-state index in [9.17, 15) is 10.1 Å². The third-order valence-corrected chi connectivity index (χ3v) is 2.13. The van der Waals surface area contributed by atoms with Gasteiger partial charge < -0.3 is 14.2 Å².